The van der Waals surface area contributed by atoms with E-state index in [-0.39, 0.29) is 0 Å². The van der Waals surface area contributed by atoms with Crippen molar-refractivity contribution in [3.05, 3.63) is 12.2 Å². The third-order valence-corrected chi connectivity index (χ3v) is 5.91. The minimum absolute atomic E-state index is 0.405. The molecule has 2 saturated carbocycles. The molecule has 3 rings (SSSR count). The summed E-state index contributed by atoms with van der Waals surface area (Å²) in [6.45, 7) is 11.7. The average Bonchev–Trinajstić information content (AvgIpc) is 2.88. The van der Waals surface area contributed by atoms with Gasteiger partial charge in [0.25, 0.3) is 0 Å². The third-order valence-electron chi connectivity index (χ3n) is 5.91. The number of hydrogen-bond donors (Lipinski definition) is 0. The molecule has 16 heavy (non-hydrogen) atoms. The van der Waals surface area contributed by atoms with Gasteiger partial charge in [-0.05, 0) is 48.9 Å². The molecular weight excluding hydrogens is 196 g/mol. The van der Waals surface area contributed by atoms with Crippen LogP contribution in [0.3, 0.4) is 0 Å². The van der Waals surface area contributed by atoms with Crippen molar-refractivity contribution < 1.29 is 4.74 Å². The topological polar surface area (TPSA) is 12.5 Å². The summed E-state index contributed by atoms with van der Waals surface area (Å²) in [5.41, 5.74) is 2.38. The van der Waals surface area contributed by atoms with Crippen LogP contribution in [0.2, 0.25) is 0 Å². The highest BCUT2D eigenvalue weighted by Gasteiger charge is 2.57. The molecule has 4 atom stereocenters. The van der Waals surface area contributed by atoms with E-state index in [9.17, 15) is 0 Å². The molecule has 1 saturated heterocycles. The summed E-state index contributed by atoms with van der Waals surface area (Å²) in [5.74, 6) is 0.778. The molecule has 1 heteroatoms. The fourth-order valence-electron chi connectivity index (χ4n) is 4.04. The van der Waals surface area contributed by atoms with Gasteiger partial charge in [0.2, 0.25) is 0 Å². The zero-order valence-electron chi connectivity index (χ0n) is 10.9. The lowest BCUT2D eigenvalue weighted by Crippen LogP contribution is -2.49. The molecular formula is C15H24O. The monoisotopic (exact) mass is 220 g/mol. The zero-order valence-corrected chi connectivity index (χ0v) is 10.9. The molecule has 0 bridgehead atoms. The summed E-state index contributed by atoms with van der Waals surface area (Å²) in [4.78, 5) is 0. The normalized spacial score (nSPS) is 50.2. The van der Waals surface area contributed by atoms with Gasteiger partial charge >= 0.3 is 0 Å². The Balaban J connectivity index is 1.91. The smallest absolute Gasteiger partial charge is 0.0847 e. The van der Waals surface area contributed by atoms with Gasteiger partial charge in [0, 0.05) is 0 Å². The lowest BCUT2D eigenvalue weighted by Gasteiger charge is -2.57. The highest BCUT2D eigenvalue weighted by Crippen LogP contribution is 2.63. The van der Waals surface area contributed by atoms with E-state index < -0.39 is 0 Å². The first-order valence-electron chi connectivity index (χ1n) is 6.77. The number of fused-ring (bicyclic) bond motifs is 2. The predicted octanol–water partition coefficient (Wildman–Crippen LogP) is 3.94. The van der Waals surface area contributed by atoms with Crippen LogP contribution in [-0.2, 0) is 4.74 Å². The average molecular weight is 220 g/mol. The maximum Gasteiger partial charge on any atom is 0.0847 e. The van der Waals surface area contributed by atoms with E-state index in [0.717, 1.165) is 5.92 Å². The fourth-order valence-corrected chi connectivity index (χ4v) is 4.04. The van der Waals surface area contributed by atoms with Crippen LogP contribution in [-0.4, -0.2) is 12.2 Å². The minimum atomic E-state index is 0.405. The van der Waals surface area contributed by atoms with Crippen LogP contribution in [0.4, 0.5) is 0 Å². The van der Waals surface area contributed by atoms with Crippen molar-refractivity contribution in [2.45, 2.75) is 65.1 Å². The van der Waals surface area contributed by atoms with Crippen molar-refractivity contribution in [2.75, 3.05) is 0 Å². The van der Waals surface area contributed by atoms with Crippen molar-refractivity contribution >= 4 is 0 Å². The van der Waals surface area contributed by atoms with Gasteiger partial charge in [-0.1, -0.05) is 32.9 Å². The van der Waals surface area contributed by atoms with Crippen molar-refractivity contribution in [3.8, 4) is 0 Å². The van der Waals surface area contributed by atoms with Gasteiger partial charge in [0.15, 0.2) is 0 Å². The summed E-state index contributed by atoms with van der Waals surface area (Å²) in [5, 5.41) is 0. The first kappa shape index (κ1) is 10.8. The Morgan fingerprint density at radius 3 is 2.56 bits per heavy atom. The SMILES string of the molecule is C=C1CCC2OC2CC(C)(C)C2(C)CCC12. The molecule has 0 radical (unpaired) electrons. The van der Waals surface area contributed by atoms with Crippen molar-refractivity contribution in [1.29, 1.82) is 0 Å². The second-order valence-electron chi connectivity index (χ2n) is 7.01. The van der Waals surface area contributed by atoms with E-state index >= 15 is 0 Å². The Hall–Kier alpha value is -0.300. The van der Waals surface area contributed by atoms with Gasteiger partial charge < -0.3 is 4.74 Å². The number of epoxide rings is 1. The molecule has 0 amide bonds. The Morgan fingerprint density at radius 1 is 1.19 bits per heavy atom. The van der Waals surface area contributed by atoms with Gasteiger partial charge in [-0.3, -0.25) is 0 Å². The van der Waals surface area contributed by atoms with E-state index in [0.29, 0.717) is 23.0 Å². The van der Waals surface area contributed by atoms with Crippen LogP contribution in [0.15, 0.2) is 12.2 Å². The second kappa shape index (κ2) is 3.13. The van der Waals surface area contributed by atoms with Crippen LogP contribution >= 0.6 is 0 Å². The minimum Gasteiger partial charge on any atom is -0.370 e. The van der Waals surface area contributed by atoms with E-state index in [1.807, 2.05) is 0 Å². The maximum absolute atomic E-state index is 5.79. The molecule has 1 aliphatic heterocycles. The standard InChI is InChI=1S/C15H24O/c1-10-5-6-12-13(16-12)9-14(2,3)15(4)8-7-11(10)15/h11-13H,1,5-9H2,2-4H3. The molecule has 0 aromatic carbocycles. The maximum atomic E-state index is 5.79. The Morgan fingerprint density at radius 2 is 1.94 bits per heavy atom. The van der Waals surface area contributed by atoms with Crippen LogP contribution < -0.4 is 0 Å². The number of ether oxygens (including phenoxy) is 1. The Labute approximate surface area is 99.3 Å². The number of rotatable bonds is 0. The summed E-state index contributed by atoms with van der Waals surface area (Å²) in [7, 11) is 0. The third kappa shape index (κ3) is 1.33. The molecule has 0 aromatic heterocycles. The predicted molar refractivity (Wildman–Crippen MR) is 66.3 cm³/mol. The van der Waals surface area contributed by atoms with Crippen LogP contribution in [0.1, 0.15) is 52.9 Å². The van der Waals surface area contributed by atoms with Gasteiger partial charge in [0.1, 0.15) is 0 Å². The summed E-state index contributed by atoms with van der Waals surface area (Å²) < 4.78 is 5.79. The number of allylic oxidation sites excluding steroid dienone is 1. The second-order valence-corrected chi connectivity index (χ2v) is 7.01. The van der Waals surface area contributed by atoms with Crippen LogP contribution in [0.5, 0.6) is 0 Å². The molecule has 3 aliphatic rings. The Bertz CT molecular complexity index is 330. The van der Waals surface area contributed by atoms with Crippen molar-refractivity contribution in [2.24, 2.45) is 16.7 Å². The molecule has 0 spiro atoms. The highest BCUT2D eigenvalue weighted by molar-refractivity contribution is 5.18. The molecule has 1 nitrogen and oxygen atoms in total. The van der Waals surface area contributed by atoms with Crippen molar-refractivity contribution in [3.63, 3.8) is 0 Å². The van der Waals surface area contributed by atoms with Gasteiger partial charge in [-0.25, -0.2) is 0 Å². The zero-order chi connectivity index (χ0) is 11.6. The first-order chi connectivity index (χ1) is 7.44. The summed E-state index contributed by atoms with van der Waals surface area (Å²) >= 11 is 0. The van der Waals surface area contributed by atoms with Gasteiger partial charge in [-0.15, -0.1) is 0 Å². The molecule has 0 N–H and O–H groups in total. The fraction of sp³-hybridized carbons (Fsp3) is 0.867. The van der Waals surface area contributed by atoms with Crippen LogP contribution in [0.25, 0.3) is 0 Å². The lowest BCUT2D eigenvalue weighted by atomic mass is 9.47. The first-order valence-corrected chi connectivity index (χ1v) is 6.77. The molecule has 0 aromatic rings. The van der Waals surface area contributed by atoms with Gasteiger partial charge in [-0.2, -0.15) is 0 Å². The molecule has 90 valence electrons. The van der Waals surface area contributed by atoms with Gasteiger partial charge in [0.05, 0.1) is 12.2 Å². The van der Waals surface area contributed by atoms with E-state index in [2.05, 4.69) is 27.4 Å². The van der Waals surface area contributed by atoms with E-state index in [1.54, 1.807) is 0 Å². The van der Waals surface area contributed by atoms with Crippen molar-refractivity contribution in [1.82, 2.24) is 0 Å². The quantitative estimate of drug-likeness (QED) is 0.445. The number of hydrogen-bond acceptors (Lipinski definition) is 1. The largest absolute Gasteiger partial charge is 0.370 e. The van der Waals surface area contributed by atoms with E-state index in [1.165, 1.54) is 37.7 Å². The highest BCUT2D eigenvalue weighted by atomic mass is 16.6. The van der Waals surface area contributed by atoms with Crippen LogP contribution in [0, 0.1) is 16.7 Å². The summed E-state index contributed by atoms with van der Waals surface area (Å²) in [6.07, 6.45) is 7.51. The lowest BCUT2D eigenvalue weighted by molar-refractivity contribution is -0.0572. The summed E-state index contributed by atoms with van der Waals surface area (Å²) in [6, 6.07) is 0. The Kier molecular flexibility index (Phi) is 2.12. The van der Waals surface area contributed by atoms with E-state index in [4.69, 9.17) is 4.74 Å². The molecule has 2 aliphatic carbocycles. The molecule has 3 fully saturated rings. The molecule has 4 unspecified atom stereocenters. The molecule has 1 heterocycles.